The Morgan fingerprint density at radius 3 is 2.86 bits per heavy atom. The molecule has 2 N–H and O–H groups in total. The highest BCUT2D eigenvalue weighted by atomic mass is 32.2. The Bertz CT molecular complexity index is 640. The molecule has 1 aromatic carbocycles. The van der Waals surface area contributed by atoms with Crippen molar-refractivity contribution in [2.75, 3.05) is 5.73 Å². The number of hydrogen-bond acceptors (Lipinski definition) is 4. The van der Waals surface area contributed by atoms with E-state index in [1.54, 1.807) is 11.8 Å². The van der Waals surface area contributed by atoms with Crippen LogP contribution in [0.25, 0.3) is 0 Å². The van der Waals surface area contributed by atoms with Crippen LogP contribution in [0, 0.1) is 6.92 Å². The van der Waals surface area contributed by atoms with E-state index in [0.717, 1.165) is 24.4 Å². The lowest BCUT2D eigenvalue weighted by molar-refractivity contribution is 0.708. The van der Waals surface area contributed by atoms with Crippen LogP contribution in [0.4, 0.5) is 5.82 Å². The zero-order valence-corrected chi connectivity index (χ0v) is 13.2. The Morgan fingerprint density at radius 1 is 1.14 bits per heavy atom. The fraction of sp³-hybridized carbons (Fsp3) is 0.412. The molecule has 0 aliphatic heterocycles. The smallest absolute Gasteiger partial charge is 0.141 e. The first-order valence-electron chi connectivity index (χ1n) is 7.56. The van der Waals surface area contributed by atoms with Crippen LogP contribution in [0.2, 0.25) is 0 Å². The predicted octanol–water partition coefficient (Wildman–Crippen LogP) is 3.93. The second-order valence-corrected chi connectivity index (χ2v) is 6.66. The van der Waals surface area contributed by atoms with Gasteiger partial charge in [0.1, 0.15) is 11.6 Å². The fourth-order valence-corrected chi connectivity index (χ4v) is 3.64. The van der Waals surface area contributed by atoms with Gasteiger partial charge in [0.25, 0.3) is 0 Å². The van der Waals surface area contributed by atoms with Crippen molar-refractivity contribution in [1.29, 1.82) is 0 Å². The van der Waals surface area contributed by atoms with E-state index in [-0.39, 0.29) is 0 Å². The largest absolute Gasteiger partial charge is 0.383 e. The third kappa shape index (κ3) is 3.56. The third-order valence-corrected chi connectivity index (χ3v) is 4.86. The van der Waals surface area contributed by atoms with Crippen molar-refractivity contribution >= 4 is 17.6 Å². The number of anilines is 1. The van der Waals surface area contributed by atoms with Crippen LogP contribution >= 0.6 is 11.8 Å². The summed E-state index contributed by atoms with van der Waals surface area (Å²) >= 11 is 1.77. The van der Waals surface area contributed by atoms with Crippen LogP contribution in [0.1, 0.15) is 41.9 Å². The standard InChI is InChI=1S/C17H21N3S/c1-12-6-5-7-13(10-12)21-11-16-19-15-9-4-2-3-8-14(15)17(18)20-16/h5-7,10H,2-4,8-9,11H2,1H3,(H2,18,19,20). The molecule has 1 aromatic heterocycles. The molecule has 0 fully saturated rings. The van der Waals surface area contributed by atoms with Gasteiger partial charge in [-0.3, -0.25) is 0 Å². The van der Waals surface area contributed by atoms with Crippen LogP contribution in [0.15, 0.2) is 29.2 Å². The number of nitrogens with two attached hydrogens (primary N) is 1. The van der Waals surface area contributed by atoms with Gasteiger partial charge >= 0.3 is 0 Å². The van der Waals surface area contributed by atoms with Gasteiger partial charge in [-0.25, -0.2) is 9.97 Å². The van der Waals surface area contributed by atoms with Gasteiger partial charge in [-0.2, -0.15) is 0 Å². The number of aryl methyl sites for hydroxylation is 2. The first-order chi connectivity index (χ1) is 10.2. The molecule has 3 rings (SSSR count). The molecule has 1 aliphatic carbocycles. The SMILES string of the molecule is Cc1cccc(SCc2nc(N)c3c(n2)CCCCC3)c1. The van der Waals surface area contributed by atoms with Gasteiger partial charge in [-0.1, -0.05) is 24.1 Å². The zero-order valence-electron chi connectivity index (χ0n) is 12.4. The van der Waals surface area contributed by atoms with E-state index in [1.165, 1.54) is 41.0 Å². The molecule has 4 heteroatoms. The normalized spacial score (nSPS) is 14.5. The summed E-state index contributed by atoms with van der Waals surface area (Å²) in [5.74, 6) is 2.34. The van der Waals surface area contributed by atoms with E-state index in [9.17, 15) is 0 Å². The van der Waals surface area contributed by atoms with Crippen molar-refractivity contribution in [2.24, 2.45) is 0 Å². The maximum atomic E-state index is 6.14. The van der Waals surface area contributed by atoms with Gasteiger partial charge in [-0.05, 0) is 44.7 Å². The van der Waals surface area contributed by atoms with E-state index in [0.29, 0.717) is 5.82 Å². The van der Waals surface area contributed by atoms with Gasteiger partial charge in [0, 0.05) is 16.2 Å². The fourth-order valence-electron chi connectivity index (χ4n) is 2.77. The highest BCUT2D eigenvalue weighted by Crippen LogP contribution is 2.26. The topological polar surface area (TPSA) is 51.8 Å². The number of benzene rings is 1. The van der Waals surface area contributed by atoms with Gasteiger partial charge in [0.05, 0.1) is 5.75 Å². The molecule has 0 amide bonds. The van der Waals surface area contributed by atoms with Crippen molar-refractivity contribution < 1.29 is 0 Å². The zero-order chi connectivity index (χ0) is 14.7. The maximum absolute atomic E-state index is 6.14. The predicted molar refractivity (Wildman–Crippen MR) is 88.4 cm³/mol. The number of nitrogens with zero attached hydrogens (tertiary/aromatic N) is 2. The van der Waals surface area contributed by atoms with Crippen molar-refractivity contribution in [3.8, 4) is 0 Å². The first-order valence-corrected chi connectivity index (χ1v) is 8.54. The summed E-state index contributed by atoms with van der Waals surface area (Å²) in [6, 6.07) is 8.52. The highest BCUT2D eigenvalue weighted by molar-refractivity contribution is 7.98. The van der Waals surface area contributed by atoms with E-state index in [1.807, 2.05) is 0 Å². The molecule has 0 radical (unpaired) electrons. The Balaban J connectivity index is 1.77. The monoisotopic (exact) mass is 299 g/mol. The van der Waals surface area contributed by atoms with E-state index in [4.69, 9.17) is 10.7 Å². The maximum Gasteiger partial charge on any atom is 0.141 e. The number of thioether (sulfide) groups is 1. The van der Waals surface area contributed by atoms with Gasteiger partial charge < -0.3 is 5.73 Å². The minimum atomic E-state index is 0.696. The van der Waals surface area contributed by atoms with E-state index in [2.05, 4.69) is 36.2 Å². The quantitative estimate of drug-likeness (QED) is 0.689. The second-order valence-electron chi connectivity index (χ2n) is 5.62. The number of aromatic nitrogens is 2. The molecule has 0 bridgehead atoms. The molecule has 0 spiro atoms. The van der Waals surface area contributed by atoms with E-state index < -0.39 is 0 Å². The molecule has 21 heavy (non-hydrogen) atoms. The Labute approximate surface area is 130 Å². The number of fused-ring (bicyclic) bond motifs is 1. The van der Waals surface area contributed by atoms with Crippen molar-refractivity contribution in [1.82, 2.24) is 9.97 Å². The van der Waals surface area contributed by atoms with Crippen LogP contribution in [-0.2, 0) is 18.6 Å². The van der Waals surface area contributed by atoms with Crippen molar-refractivity contribution in [3.05, 3.63) is 46.9 Å². The molecular formula is C17H21N3S. The minimum Gasteiger partial charge on any atom is -0.383 e. The summed E-state index contributed by atoms with van der Waals surface area (Å²) in [5.41, 5.74) is 9.80. The molecule has 1 aliphatic rings. The summed E-state index contributed by atoms with van der Waals surface area (Å²) in [6.45, 7) is 2.11. The lowest BCUT2D eigenvalue weighted by Crippen LogP contribution is -2.08. The lowest BCUT2D eigenvalue weighted by Gasteiger charge is -2.10. The molecule has 2 aromatic rings. The van der Waals surface area contributed by atoms with Crippen LogP contribution < -0.4 is 5.73 Å². The van der Waals surface area contributed by atoms with Crippen LogP contribution in [0.5, 0.6) is 0 Å². The first kappa shape index (κ1) is 14.4. The number of rotatable bonds is 3. The molecule has 1 heterocycles. The van der Waals surface area contributed by atoms with Crippen molar-refractivity contribution in [3.63, 3.8) is 0 Å². The molecule has 110 valence electrons. The summed E-state index contributed by atoms with van der Waals surface area (Å²) in [7, 11) is 0. The van der Waals surface area contributed by atoms with E-state index >= 15 is 0 Å². The summed E-state index contributed by atoms with van der Waals surface area (Å²) < 4.78 is 0. The minimum absolute atomic E-state index is 0.696. The molecule has 3 nitrogen and oxygen atoms in total. The van der Waals surface area contributed by atoms with Crippen LogP contribution in [-0.4, -0.2) is 9.97 Å². The van der Waals surface area contributed by atoms with Gasteiger partial charge in [0.15, 0.2) is 0 Å². The van der Waals surface area contributed by atoms with Crippen molar-refractivity contribution in [2.45, 2.75) is 49.7 Å². The third-order valence-electron chi connectivity index (χ3n) is 3.87. The molecule has 0 atom stereocenters. The Hall–Kier alpha value is -1.55. The van der Waals surface area contributed by atoms with Gasteiger partial charge in [0.2, 0.25) is 0 Å². The Kier molecular flexibility index (Phi) is 4.44. The molecule has 0 saturated heterocycles. The average Bonchev–Trinajstić information content (AvgIpc) is 2.71. The summed E-state index contributed by atoms with van der Waals surface area (Å²) in [6.07, 6.45) is 5.77. The number of hydrogen-bond donors (Lipinski definition) is 1. The molecular weight excluding hydrogens is 278 g/mol. The highest BCUT2D eigenvalue weighted by Gasteiger charge is 2.15. The number of nitrogen functional groups attached to an aromatic ring is 1. The van der Waals surface area contributed by atoms with Crippen LogP contribution in [0.3, 0.4) is 0 Å². The average molecular weight is 299 g/mol. The van der Waals surface area contributed by atoms with Gasteiger partial charge in [-0.15, -0.1) is 11.8 Å². The lowest BCUT2D eigenvalue weighted by atomic mass is 10.1. The second kappa shape index (κ2) is 6.48. The molecule has 0 unspecified atom stereocenters. The summed E-state index contributed by atoms with van der Waals surface area (Å²) in [4.78, 5) is 10.5. The molecule has 0 saturated carbocycles. The Morgan fingerprint density at radius 2 is 2.00 bits per heavy atom. The summed E-state index contributed by atoms with van der Waals surface area (Å²) in [5, 5.41) is 0.